The van der Waals surface area contributed by atoms with Crippen molar-refractivity contribution in [1.82, 2.24) is 0 Å². The molecule has 0 aliphatic heterocycles. The number of esters is 1. The standard InChI is InChI=1S/C19H18ClNO4/c1-13(19(23)21-16-4-3-5-17(12-16)24-2)25-18(22)11-8-14-6-9-15(20)10-7-14/h3-13H,1-2H3,(H,21,23)/b11-8+/t13-/m0/s1. The third-order valence-corrected chi connectivity index (χ3v) is 3.53. The molecular formula is C19H18ClNO4. The minimum absolute atomic E-state index is 0.429. The Bertz CT molecular complexity index is 771. The van der Waals surface area contributed by atoms with Gasteiger partial charge in [-0.15, -0.1) is 0 Å². The Morgan fingerprint density at radius 2 is 1.88 bits per heavy atom. The van der Waals surface area contributed by atoms with Crippen molar-refractivity contribution in [3.63, 3.8) is 0 Å². The van der Waals surface area contributed by atoms with Gasteiger partial charge in [-0.25, -0.2) is 4.79 Å². The van der Waals surface area contributed by atoms with Gasteiger partial charge in [0, 0.05) is 22.9 Å². The Kier molecular flexibility index (Phi) is 6.60. The Morgan fingerprint density at radius 1 is 1.16 bits per heavy atom. The van der Waals surface area contributed by atoms with Crippen molar-refractivity contribution >= 4 is 35.2 Å². The molecule has 1 amide bonds. The second-order valence-electron chi connectivity index (χ2n) is 5.19. The zero-order valence-electron chi connectivity index (χ0n) is 13.9. The van der Waals surface area contributed by atoms with Crippen LogP contribution in [0.25, 0.3) is 6.08 Å². The van der Waals surface area contributed by atoms with Gasteiger partial charge in [0.2, 0.25) is 0 Å². The summed E-state index contributed by atoms with van der Waals surface area (Å²) < 4.78 is 10.2. The van der Waals surface area contributed by atoms with E-state index in [0.717, 1.165) is 5.56 Å². The molecule has 1 atom stereocenters. The van der Waals surface area contributed by atoms with Gasteiger partial charge in [0.15, 0.2) is 6.10 Å². The highest BCUT2D eigenvalue weighted by Crippen LogP contribution is 2.17. The molecule has 0 aliphatic rings. The molecule has 6 heteroatoms. The summed E-state index contributed by atoms with van der Waals surface area (Å²) in [6, 6.07) is 13.9. The van der Waals surface area contributed by atoms with Crippen LogP contribution in [0.5, 0.6) is 5.75 Å². The molecule has 0 aliphatic carbocycles. The second-order valence-corrected chi connectivity index (χ2v) is 5.62. The SMILES string of the molecule is COc1cccc(NC(=O)[C@H](C)OC(=O)/C=C/c2ccc(Cl)cc2)c1. The number of carbonyl (C=O) groups excluding carboxylic acids is 2. The monoisotopic (exact) mass is 359 g/mol. The van der Waals surface area contributed by atoms with Crippen LogP contribution in [-0.4, -0.2) is 25.1 Å². The lowest BCUT2D eigenvalue weighted by atomic mass is 10.2. The van der Waals surface area contributed by atoms with E-state index in [2.05, 4.69) is 5.32 Å². The Labute approximate surface area is 151 Å². The number of hydrogen-bond acceptors (Lipinski definition) is 4. The first-order valence-electron chi connectivity index (χ1n) is 7.57. The van der Waals surface area contributed by atoms with Crippen LogP contribution in [0.4, 0.5) is 5.69 Å². The molecule has 1 N–H and O–H groups in total. The van der Waals surface area contributed by atoms with Crippen LogP contribution < -0.4 is 10.1 Å². The van der Waals surface area contributed by atoms with Crippen molar-refractivity contribution in [2.45, 2.75) is 13.0 Å². The quantitative estimate of drug-likeness (QED) is 0.627. The summed E-state index contributed by atoms with van der Waals surface area (Å²) in [7, 11) is 1.54. The van der Waals surface area contributed by atoms with Crippen molar-refractivity contribution in [2.24, 2.45) is 0 Å². The first-order valence-corrected chi connectivity index (χ1v) is 7.95. The number of amides is 1. The maximum absolute atomic E-state index is 12.1. The lowest BCUT2D eigenvalue weighted by Crippen LogP contribution is -2.29. The van der Waals surface area contributed by atoms with Crippen LogP contribution >= 0.6 is 11.6 Å². The van der Waals surface area contributed by atoms with E-state index in [1.54, 1.807) is 61.7 Å². The van der Waals surface area contributed by atoms with Crippen molar-refractivity contribution < 1.29 is 19.1 Å². The minimum atomic E-state index is -0.937. The molecule has 0 radical (unpaired) electrons. The summed E-state index contributed by atoms with van der Waals surface area (Å²) in [4.78, 5) is 23.9. The van der Waals surface area contributed by atoms with Gasteiger partial charge in [-0.1, -0.05) is 29.8 Å². The third kappa shape index (κ3) is 5.97. The fourth-order valence-corrected chi connectivity index (χ4v) is 2.08. The second kappa shape index (κ2) is 8.89. The van der Waals surface area contributed by atoms with E-state index in [-0.39, 0.29) is 0 Å². The topological polar surface area (TPSA) is 64.6 Å². The molecule has 2 rings (SSSR count). The highest BCUT2D eigenvalue weighted by atomic mass is 35.5. The van der Waals surface area contributed by atoms with Crippen LogP contribution in [0.15, 0.2) is 54.6 Å². The zero-order valence-corrected chi connectivity index (χ0v) is 14.6. The van der Waals surface area contributed by atoms with E-state index in [4.69, 9.17) is 21.1 Å². The fraction of sp³-hybridized carbons (Fsp3) is 0.158. The van der Waals surface area contributed by atoms with Gasteiger partial charge in [0.05, 0.1) is 7.11 Å². The lowest BCUT2D eigenvalue weighted by Gasteiger charge is -2.12. The molecule has 2 aromatic carbocycles. The summed E-state index contributed by atoms with van der Waals surface area (Å²) in [6.45, 7) is 1.50. The van der Waals surface area contributed by atoms with Gasteiger partial charge in [-0.2, -0.15) is 0 Å². The first kappa shape index (κ1) is 18.5. The van der Waals surface area contributed by atoms with Crippen molar-refractivity contribution in [3.8, 4) is 5.75 Å². The van der Waals surface area contributed by atoms with Crippen molar-refractivity contribution in [3.05, 3.63) is 65.2 Å². The van der Waals surface area contributed by atoms with Crippen molar-refractivity contribution in [1.29, 1.82) is 0 Å². The number of nitrogens with one attached hydrogen (secondary N) is 1. The van der Waals surface area contributed by atoms with Crippen LogP contribution in [0, 0.1) is 0 Å². The number of rotatable bonds is 6. The smallest absolute Gasteiger partial charge is 0.331 e. The summed E-state index contributed by atoms with van der Waals surface area (Å²) in [5.74, 6) is -0.418. The molecule has 0 saturated heterocycles. The predicted octanol–water partition coefficient (Wildman–Crippen LogP) is 3.93. The average molecular weight is 360 g/mol. The van der Waals surface area contributed by atoms with Gasteiger partial charge in [0.25, 0.3) is 5.91 Å². The number of anilines is 1. The summed E-state index contributed by atoms with van der Waals surface area (Å²) in [5, 5.41) is 3.28. The molecule has 0 fully saturated rings. The number of methoxy groups -OCH3 is 1. The third-order valence-electron chi connectivity index (χ3n) is 3.28. The highest BCUT2D eigenvalue weighted by Gasteiger charge is 2.16. The van der Waals surface area contributed by atoms with E-state index in [0.29, 0.717) is 16.5 Å². The summed E-state index contributed by atoms with van der Waals surface area (Å²) in [5.41, 5.74) is 1.36. The molecule has 0 unspecified atom stereocenters. The summed E-state index contributed by atoms with van der Waals surface area (Å²) in [6.07, 6.45) is 1.91. The van der Waals surface area contributed by atoms with Crippen LogP contribution in [0.1, 0.15) is 12.5 Å². The normalized spacial score (nSPS) is 11.8. The largest absolute Gasteiger partial charge is 0.497 e. The Hall–Kier alpha value is -2.79. The average Bonchev–Trinajstić information content (AvgIpc) is 2.61. The van der Waals surface area contributed by atoms with Gasteiger partial charge in [-0.05, 0) is 42.8 Å². The molecule has 2 aromatic rings. The molecule has 130 valence electrons. The van der Waals surface area contributed by atoms with E-state index in [1.807, 2.05) is 0 Å². The van der Waals surface area contributed by atoms with Crippen LogP contribution in [0.3, 0.4) is 0 Å². The van der Waals surface area contributed by atoms with Crippen molar-refractivity contribution in [2.75, 3.05) is 12.4 Å². The van der Waals surface area contributed by atoms with E-state index >= 15 is 0 Å². The molecule has 0 spiro atoms. The maximum atomic E-state index is 12.1. The number of ether oxygens (including phenoxy) is 2. The number of carbonyl (C=O) groups is 2. The summed E-state index contributed by atoms with van der Waals surface area (Å²) >= 11 is 5.80. The molecule has 0 bridgehead atoms. The van der Waals surface area contributed by atoms with Crippen LogP contribution in [-0.2, 0) is 14.3 Å². The van der Waals surface area contributed by atoms with Gasteiger partial charge in [-0.3, -0.25) is 4.79 Å². The zero-order chi connectivity index (χ0) is 18.2. The van der Waals surface area contributed by atoms with E-state index in [9.17, 15) is 9.59 Å². The van der Waals surface area contributed by atoms with Gasteiger partial charge in [0.1, 0.15) is 5.75 Å². The van der Waals surface area contributed by atoms with Gasteiger partial charge < -0.3 is 14.8 Å². The number of hydrogen-bond donors (Lipinski definition) is 1. The Balaban J connectivity index is 1.89. The van der Waals surface area contributed by atoms with E-state index in [1.165, 1.54) is 13.0 Å². The molecule has 0 aromatic heterocycles. The van der Waals surface area contributed by atoms with Crippen LogP contribution in [0.2, 0.25) is 5.02 Å². The number of benzene rings is 2. The minimum Gasteiger partial charge on any atom is -0.497 e. The molecule has 0 saturated carbocycles. The van der Waals surface area contributed by atoms with E-state index < -0.39 is 18.0 Å². The molecule has 25 heavy (non-hydrogen) atoms. The molecule has 0 heterocycles. The predicted molar refractivity (Wildman–Crippen MR) is 97.7 cm³/mol. The van der Waals surface area contributed by atoms with Gasteiger partial charge >= 0.3 is 5.97 Å². The number of halogens is 1. The molecule has 5 nitrogen and oxygen atoms in total. The maximum Gasteiger partial charge on any atom is 0.331 e. The first-order chi connectivity index (χ1) is 12.0. The highest BCUT2D eigenvalue weighted by molar-refractivity contribution is 6.30. The lowest BCUT2D eigenvalue weighted by molar-refractivity contribution is -0.148. The fourth-order valence-electron chi connectivity index (χ4n) is 1.95. The molecular weight excluding hydrogens is 342 g/mol. The Morgan fingerprint density at radius 3 is 2.56 bits per heavy atom.